The topological polar surface area (TPSA) is 69.0 Å². The summed E-state index contributed by atoms with van der Waals surface area (Å²) in [5.74, 6) is 1.71. The van der Waals surface area contributed by atoms with Gasteiger partial charge in [0.1, 0.15) is 11.6 Å². The number of ether oxygens (including phenoxy) is 1. The number of nitrogens with one attached hydrogen (secondary N) is 1. The third-order valence-electron chi connectivity index (χ3n) is 4.49. The zero-order valence-electron chi connectivity index (χ0n) is 16.8. The van der Waals surface area contributed by atoms with Crippen LogP contribution in [-0.2, 0) is 11.2 Å². The largest absolute Gasteiger partial charge is 0.497 e. The Balaban J connectivity index is 1.73. The Hall–Kier alpha value is -2.32. The predicted octanol–water partition coefficient (Wildman–Crippen LogP) is 4.95. The summed E-state index contributed by atoms with van der Waals surface area (Å²) >= 11 is 4.87. The number of anilines is 1. The number of hydrogen-bond donors (Lipinski definition) is 1. The maximum Gasteiger partial charge on any atom is 0.234 e. The van der Waals surface area contributed by atoms with Crippen molar-refractivity contribution in [2.24, 2.45) is 0 Å². The molecule has 0 aliphatic rings. The minimum atomic E-state index is -0.0722. The number of thioether (sulfide) groups is 1. The van der Waals surface area contributed by atoms with E-state index in [1.807, 2.05) is 54.8 Å². The number of benzene rings is 2. The zero-order valence-corrected chi connectivity index (χ0v) is 19.2. The molecule has 8 heteroatoms. The number of methoxy groups -OCH3 is 1. The van der Waals surface area contributed by atoms with Gasteiger partial charge < -0.3 is 10.1 Å². The number of amides is 1. The van der Waals surface area contributed by atoms with Crippen LogP contribution < -0.4 is 10.1 Å². The molecule has 0 aliphatic carbocycles. The molecule has 0 saturated heterocycles. The molecule has 1 N–H and O–H groups in total. The highest BCUT2D eigenvalue weighted by atomic mass is 79.9. The van der Waals surface area contributed by atoms with E-state index in [2.05, 4.69) is 38.4 Å². The average Bonchev–Trinajstić information content (AvgIpc) is 3.08. The van der Waals surface area contributed by atoms with E-state index in [4.69, 9.17) is 4.74 Å². The van der Waals surface area contributed by atoms with Crippen LogP contribution >= 0.6 is 27.7 Å². The maximum absolute atomic E-state index is 12.6. The van der Waals surface area contributed by atoms with Crippen LogP contribution in [0.5, 0.6) is 5.75 Å². The van der Waals surface area contributed by atoms with Gasteiger partial charge in [0.25, 0.3) is 0 Å². The summed E-state index contributed by atoms with van der Waals surface area (Å²) < 4.78 is 8.16. The monoisotopic (exact) mass is 474 g/mol. The fourth-order valence-electron chi connectivity index (χ4n) is 3.04. The van der Waals surface area contributed by atoms with Crippen molar-refractivity contribution in [3.63, 3.8) is 0 Å². The van der Waals surface area contributed by atoms with Gasteiger partial charge in [0.15, 0.2) is 5.16 Å². The van der Waals surface area contributed by atoms with Crippen LogP contribution in [0, 0.1) is 13.8 Å². The molecule has 1 amide bonds. The van der Waals surface area contributed by atoms with Gasteiger partial charge in [0.05, 0.1) is 12.9 Å². The van der Waals surface area contributed by atoms with Crippen LogP contribution in [0.25, 0.3) is 5.69 Å². The van der Waals surface area contributed by atoms with Crippen molar-refractivity contribution in [2.75, 3.05) is 18.2 Å². The fourth-order valence-corrected chi connectivity index (χ4v) is 4.46. The first-order chi connectivity index (χ1) is 13.9. The van der Waals surface area contributed by atoms with Gasteiger partial charge in [0, 0.05) is 15.8 Å². The molecule has 152 valence electrons. The Kier molecular flexibility index (Phi) is 6.97. The summed E-state index contributed by atoms with van der Waals surface area (Å²) in [5, 5.41) is 12.1. The van der Waals surface area contributed by atoms with Crippen LogP contribution in [0.3, 0.4) is 0 Å². The van der Waals surface area contributed by atoms with E-state index in [1.54, 1.807) is 7.11 Å². The molecule has 0 saturated carbocycles. The Morgan fingerprint density at radius 2 is 1.93 bits per heavy atom. The highest BCUT2D eigenvalue weighted by molar-refractivity contribution is 9.10. The van der Waals surface area contributed by atoms with Crippen molar-refractivity contribution in [1.29, 1.82) is 0 Å². The second kappa shape index (κ2) is 9.45. The first-order valence-electron chi connectivity index (χ1n) is 9.21. The first-order valence-corrected chi connectivity index (χ1v) is 11.0. The molecule has 6 nitrogen and oxygen atoms in total. The van der Waals surface area contributed by atoms with Gasteiger partial charge in [0.2, 0.25) is 5.91 Å². The number of halogens is 1. The Morgan fingerprint density at radius 1 is 1.21 bits per heavy atom. The second-order valence-corrected chi connectivity index (χ2v) is 8.37. The van der Waals surface area contributed by atoms with Crippen LogP contribution in [0.4, 0.5) is 5.69 Å². The molecule has 0 aliphatic heterocycles. The van der Waals surface area contributed by atoms with E-state index in [9.17, 15) is 4.79 Å². The van der Waals surface area contributed by atoms with Gasteiger partial charge in [-0.15, -0.1) is 10.2 Å². The molecule has 3 aromatic rings. The van der Waals surface area contributed by atoms with Crippen molar-refractivity contribution in [3.8, 4) is 11.4 Å². The summed E-state index contributed by atoms with van der Waals surface area (Å²) in [6.45, 7) is 5.96. The van der Waals surface area contributed by atoms with Gasteiger partial charge in [-0.05, 0) is 67.8 Å². The normalized spacial score (nSPS) is 10.8. The lowest BCUT2D eigenvalue weighted by molar-refractivity contribution is -0.113. The van der Waals surface area contributed by atoms with Crippen molar-refractivity contribution >= 4 is 39.3 Å². The number of nitrogens with zero attached hydrogens (tertiary/aromatic N) is 3. The van der Waals surface area contributed by atoms with Crippen LogP contribution in [0.2, 0.25) is 0 Å². The molecule has 0 unspecified atom stereocenters. The standard InChI is InChI=1S/C21H23BrN4O2S/c1-5-15-11-16(22)10-13(2)20(15)23-19(27)12-29-21-25-24-14(3)26(21)17-6-8-18(28-4)9-7-17/h6-11H,5,12H2,1-4H3,(H,23,27). The molecule has 3 rings (SSSR count). The summed E-state index contributed by atoms with van der Waals surface area (Å²) in [6.07, 6.45) is 0.841. The maximum atomic E-state index is 12.6. The summed E-state index contributed by atoms with van der Waals surface area (Å²) in [6, 6.07) is 11.7. The number of hydrogen-bond acceptors (Lipinski definition) is 5. The molecule has 0 spiro atoms. The molecule has 0 bridgehead atoms. The molecule has 1 aromatic heterocycles. The molecule has 2 aromatic carbocycles. The van der Waals surface area contributed by atoms with Crippen LogP contribution in [0.1, 0.15) is 23.9 Å². The molecular weight excluding hydrogens is 452 g/mol. The zero-order chi connectivity index (χ0) is 21.0. The van der Waals surface area contributed by atoms with Gasteiger partial charge >= 0.3 is 0 Å². The van der Waals surface area contributed by atoms with Crippen LogP contribution in [0.15, 0.2) is 46.0 Å². The summed E-state index contributed by atoms with van der Waals surface area (Å²) in [7, 11) is 1.63. The quantitative estimate of drug-likeness (QED) is 0.490. The smallest absolute Gasteiger partial charge is 0.234 e. The van der Waals surface area contributed by atoms with Crippen molar-refractivity contribution in [3.05, 3.63) is 57.8 Å². The van der Waals surface area contributed by atoms with E-state index in [-0.39, 0.29) is 11.7 Å². The lowest BCUT2D eigenvalue weighted by Gasteiger charge is -2.14. The first kappa shape index (κ1) is 21.4. The van der Waals surface area contributed by atoms with Gasteiger partial charge in [-0.25, -0.2) is 0 Å². The van der Waals surface area contributed by atoms with Crippen LogP contribution in [-0.4, -0.2) is 33.5 Å². The third kappa shape index (κ3) is 5.00. The van der Waals surface area contributed by atoms with E-state index in [1.165, 1.54) is 11.8 Å². The lowest BCUT2D eigenvalue weighted by Crippen LogP contribution is -2.16. The third-order valence-corrected chi connectivity index (χ3v) is 5.87. The highest BCUT2D eigenvalue weighted by Crippen LogP contribution is 2.27. The van der Waals surface area contributed by atoms with E-state index in [0.29, 0.717) is 5.16 Å². The molecular formula is C21H23BrN4O2S. The Morgan fingerprint density at radius 3 is 2.59 bits per heavy atom. The predicted molar refractivity (Wildman–Crippen MR) is 120 cm³/mol. The number of rotatable bonds is 7. The summed E-state index contributed by atoms with van der Waals surface area (Å²) in [4.78, 5) is 12.6. The molecule has 0 fully saturated rings. The summed E-state index contributed by atoms with van der Waals surface area (Å²) in [5.41, 5.74) is 3.95. The number of aryl methyl sites for hydroxylation is 3. The van der Waals surface area contributed by atoms with E-state index < -0.39 is 0 Å². The van der Waals surface area contributed by atoms with Gasteiger partial charge in [-0.3, -0.25) is 9.36 Å². The highest BCUT2D eigenvalue weighted by Gasteiger charge is 2.15. The molecule has 0 radical (unpaired) electrons. The lowest BCUT2D eigenvalue weighted by atomic mass is 10.1. The Labute approximate surface area is 183 Å². The van der Waals surface area contributed by atoms with E-state index >= 15 is 0 Å². The van der Waals surface area contributed by atoms with Gasteiger partial charge in [-0.2, -0.15) is 0 Å². The molecule has 29 heavy (non-hydrogen) atoms. The second-order valence-electron chi connectivity index (χ2n) is 6.51. The molecule has 1 heterocycles. The number of carbonyl (C=O) groups excluding carboxylic acids is 1. The minimum Gasteiger partial charge on any atom is -0.497 e. The number of aromatic nitrogens is 3. The Bertz CT molecular complexity index is 1020. The van der Waals surface area contributed by atoms with Crippen molar-refractivity contribution in [2.45, 2.75) is 32.3 Å². The average molecular weight is 475 g/mol. The fraction of sp³-hybridized carbons (Fsp3) is 0.286. The van der Waals surface area contributed by atoms with Crippen molar-refractivity contribution in [1.82, 2.24) is 14.8 Å². The van der Waals surface area contributed by atoms with Crippen molar-refractivity contribution < 1.29 is 9.53 Å². The number of carbonyl (C=O) groups is 1. The SMILES string of the molecule is CCc1cc(Br)cc(C)c1NC(=O)CSc1nnc(C)n1-c1ccc(OC)cc1. The minimum absolute atomic E-state index is 0.0722. The molecule has 0 atom stereocenters. The van der Waals surface area contributed by atoms with E-state index in [0.717, 1.165) is 45.0 Å². The van der Waals surface area contributed by atoms with Gasteiger partial charge in [-0.1, -0.05) is 34.6 Å².